The number of hydrogen-bond donors (Lipinski definition) is 1. The van der Waals surface area contributed by atoms with Gasteiger partial charge in [0, 0.05) is 7.11 Å². The van der Waals surface area contributed by atoms with Gasteiger partial charge in [-0.3, -0.25) is 0 Å². The molecule has 0 aliphatic heterocycles. The largest absolute Gasteiger partial charge is 0.390 e. The number of rotatable bonds is 4. The van der Waals surface area contributed by atoms with Crippen LogP contribution in [0.4, 0.5) is 0 Å². The molecular weight excluding hydrogens is 140 g/mol. The fourth-order valence-corrected chi connectivity index (χ4v) is 0.982. The predicted molar refractivity (Wildman–Crippen MR) is 46.5 cm³/mol. The van der Waals surface area contributed by atoms with Gasteiger partial charge >= 0.3 is 0 Å². The van der Waals surface area contributed by atoms with E-state index in [1.165, 1.54) is 0 Å². The maximum absolute atomic E-state index is 9.57. The molecule has 1 N–H and O–H groups in total. The Morgan fingerprint density at radius 3 is 2.00 bits per heavy atom. The fourth-order valence-electron chi connectivity index (χ4n) is 0.982. The van der Waals surface area contributed by atoms with Crippen LogP contribution in [-0.4, -0.2) is 24.4 Å². The molecule has 11 heavy (non-hydrogen) atoms. The molecule has 0 aromatic carbocycles. The smallest absolute Gasteiger partial charge is 0.104 e. The van der Waals surface area contributed by atoms with Gasteiger partial charge in [0.25, 0.3) is 0 Å². The summed E-state index contributed by atoms with van der Waals surface area (Å²) < 4.78 is 5.09. The summed E-state index contributed by atoms with van der Waals surface area (Å²) in [5, 5.41) is 9.57. The minimum atomic E-state index is -0.447. The van der Waals surface area contributed by atoms with Crippen LogP contribution in [0.15, 0.2) is 12.2 Å². The van der Waals surface area contributed by atoms with Crippen LogP contribution in [0.1, 0.15) is 20.8 Å². The molecule has 0 heterocycles. The summed E-state index contributed by atoms with van der Waals surface area (Å²) >= 11 is 0. The Balaban J connectivity index is 4.14. The standard InChI is InChI=1S/C9H18O2/c1-6(2)8(10)9(11-5)7(3)4/h6,8-10H,3H2,1-2,4-5H3/t8-,9+/m0/s1. The van der Waals surface area contributed by atoms with E-state index in [1.54, 1.807) is 7.11 Å². The molecule has 2 nitrogen and oxygen atoms in total. The molecule has 0 saturated carbocycles. The quantitative estimate of drug-likeness (QED) is 0.630. The van der Waals surface area contributed by atoms with Gasteiger partial charge in [0.15, 0.2) is 0 Å². The van der Waals surface area contributed by atoms with Crippen molar-refractivity contribution < 1.29 is 9.84 Å². The van der Waals surface area contributed by atoms with Crippen molar-refractivity contribution in [2.75, 3.05) is 7.11 Å². The Hall–Kier alpha value is -0.340. The zero-order chi connectivity index (χ0) is 9.02. The van der Waals surface area contributed by atoms with E-state index in [4.69, 9.17) is 4.74 Å². The first kappa shape index (κ1) is 10.7. The summed E-state index contributed by atoms with van der Waals surface area (Å²) in [4.78, 5) is 0. The molecule has 0 aromatic rings. The van der Waals surface area contributed by atoms with E-state index >= 15 is 0 Å². The Morgan fingerprint density at radius 2 is 1.91 bits per heavy atom. The Kier molecular flexibility index (Phi) is 4.38. The number of hydrogen-bond acceptors (Lipinski definition) is 2. The lowest BCUT2D eigenvalue weighted by molar-refractivity contribution is -0.0135. The van der Waals surface area contributed by atoms with Gasteiger partial charge in [-0.25, -0.2) is 0 Å². The van der Waals surface area contributed by atoms with Gasteiger partial charge in [0.1, 0.15) is 6.10 Å². The van der Waals surface area contributed by atoms with E-state index in [2.05, 4.69) is 6.58 Å². The molecular formula is C9H18O2. The number of aliphatic hydroxyl groups excluding tert-OH is 1. The van der Waals surface area contributed by atoms with Crippen molar-refractivity contribution in [2.45, 2.75) is 33.0 Å². The van der Waals surface area contributed by atoms with Crippen molar-refractivity contribution >= 4 is 0 Å². The van der Waals surface area contributed by atoms with Gasteiger partial charge in [-0.2, -0.15) is 0 Å². The fraction of sp³-hybridized carbons (Fsp3) is 0.778. The van der Waals surface area contributed by atoms with Crippen LogP contribution in [0.5, 0.6) is 0 Å². The number of aliphatic hydroxyl groups is 1. The van der Waals surface area contributed by atoms with Crippen LogP contribution in [0.25, 0.3) is 0 Å². The van der Waals surface area contributed by atoms with Crippen LogP contribution in [-0.2, 0) is 4.74 Å². The summed E-state index contributed by atoms with van der Waals surface area (Å²) in [5.41, 5.74) is 0.869. The van der Waals surface area contributed by atoms with Crippen LogP contribution in [0, 0.1) is 5.92 Å². The second kappa shape index (κ2) is 4.52. The Morgan fingerprint density at radius 1 is 1.45 bits per heavy atom. The summed E-state index contributed by atoms with van der Waals surface area (Å²) in [6.45, 7) is 9.52. The van der Waals surface area contributed by atoms with E-state index in [1.807, 2.05) is 20.8 Å². The lowest BCUT2D eigenvalue weighted by Gasteiger charge is -2.24. The summed E-state index contributed by atoms with van der Waals surface area (Å²) in [6.07, 6.45) is -0.674. The first-order chi connectivity index (χ1) is 5.00. The normalized spacial score (nSPS) is 16.5. The highest BCUT2D eigenvalue weighted by Gasteiger charge is 2.21. The average molecular weight is 158 g/mol. The Bertz CT molecular complexity index is 130. The molecule has 0 aromatic heterocycles. The van der Waals surface area contributed by atoms with Crippen molar-refractivity contribution in [3.63, 3.8) is 0 Å². The minimum absolute atomic E-state index is 0.205. The lowest BCUT2D eigenvalue weighted by atomic mass is 9.98. The van der Waals surface area contributed by atoms with Crippen molar-refractivity contribution in [3.8, 4) is 0 Å². The van der Waals surface area contributed by atoms with Crippen molar-refractivity contribution in [2.24, 2.45) is 5.92 Å². The van der Waals surface area contributed by atoms with E-state index in [0.29, 0.717) is 0 Å². The molecule has 0 bridgehead atoms. The highest BCUT2D eigenvalue weighted by molar-refractivity contribution is 5.01. The average Bonchev–Trinajstić information content (AvgIpc) is 1.88. The van der Waals surface area contributed by atoms with Crippen molar-refractivity contribution in [1.82, 2.24) is 0 Å². The summed E-state index contributed by atoms with van der Waals surface area (Å²) in [5.74, 6) is 0.205. The molecule has 0 rings (SSSR count). The van der Waals surface area contributed by atoms with Gasteiger partial charge < -0.3 is 9.84 Å². The van der Waals surface area contributed by atoms with Crippen molar-refractivity contribution in [3.05, 3.63) is 12.2 Å². The molecule has 0 unspecified atom stereocenters. The molecule has 2 heteroatoms. The highest BCUT2D eigenvalue weighted by atomic mass is 16.5. The van der Waals surface area contributed by atoms with Gasteiger partial charge in [0.05, 0.1) is 6.10 Å². The molecule has 66 valence electrons. The third-order valence-electron chi connectivity index (χ3n) is 1.73. The van der Waals surface area contributed by atoms with E-state index in [-0.39, 0.29) is 12.0 Å². The highest BCUT2D eigenvalue weighted by Crippen LogP contribution is 2.14. The molecule has 0 saturated heterocycles. The van der Waals surface area contributed by atoms with Gasteiger partial charge in [-0.1, -0.05) is 20.4 Å². The minimum Gasteiger partial charge on any atom is -0.390 e. The van der Waals surface area contributed by atoms with E-state index in [0.717, 1.165) is 5.57 Å². The zero-order valence-electron chi connectivity index (χ0n) is 7.79. The van der Waals surface area contributed by atoms with Crippen LogP contribution < -0.4 is 0 Å². The number of ether oxygens (including phenoxy) is 1. The van der Waals surface area contributed by atoms with Crippen LogP contribution >= 0.6 is 0 Å². The molecule has 0 amide bonds. The second-order valence-electron chi connectivity index (χ2n) is 3.24. The molecule has 0 fully saturated rings. The molecule has 0 radical (unpaired) electrons. The lowest BCUT2D eigenvalue weighted by Crippen LogP contribution is -2.33. The SMILES string of the molecule is C=C(C)[C@@H](OC)[C@@H](O)C(C)C. The van der Waals surface area contributed by atoms with E-state index < -0.39 is 6.10 Å². The zero-order valence-corrected chi connectivity index (χ0v) is 7.79. The number of methoxy groups -OCH3 is 1. The third-order valence-corrected chi connectivity index (χ3v) is 1.73. The topological polar surface area (TPSA) is 29.5 Å². The molecule has 2 atom stereocenters. The third kappa shape index (κ3) is 3.04. The predicted octanol–water partition coefficient (Wildman–Crippen LogP) is 1.59. The van der Waals surface area contributed by atoms with Gasteiger partial charge in [-0.05, 0) is 18.4 Å². The molecule has 0 aliphatic carbocycles. The first-order valence-corrected chi connectivity index (χ1v) is 3.87. The summed E-state index contributed by atoms with van der Waals surface area (Å²) in [6, 6.07) is 0. The Labute approximate surface area is 68.9 Å². The molecule has 0 aliphatic rings. The maximum atomic E-state index is 9.57. The summed E-state index contributed by atoms with van der Waals surface area (Å²) in [7, 11) is 1.59. The maximum Gasteiger partial charge on any atom is 0.104 e. The second-order valence-corrected chi connectivity index (χ2v) is 3.24. The van der Waals surface area contributed by atoms with Gasteiger partial charge in [-0.15, -0.1) is 0 Å². The van der Waals surface area contributed by atoms with E-state index in [9.17, 15) is 5.11 Å². The van der Waals surface area contributed by atoms with Crippen LogP contribution in [0.2, 0.25) is 0 Å². The first-order valence-electron chi connectivity index (χ1n) is 3.87. The van der Waals surface area contributed by atoms with Gasteiger partial charge in [0.2, 0.25) is 0 Å². The van der Waals surface area contributed by atoms with Crippen molar-refractivity contribution in [1.29, 1.82) is 0 Å². The monoisotopic (exact) mass is 158 g/mol. The van der Waals surface area contributed by atoms with Crippen LogP contribution in [0.3, 0.4) is 0 Å². The molecule has 0 spiro atoms.